The molecule has 17 heavy (non-hydrogen) atoms. The Bertz CT molecular complexity index is 353. The van der Waals surface area contributed by atoms with Gasteiger partial charge in [0.25, 0.3) is 0 Å². The first-order valence-electron chi connectivity index (χ1n) is 5.90. The maximum atomic E-state index is 5.73. The van der Waals surface area contributed by atoms with Crippen molar-refractivity contribution in [2.75, 3.05) is 26.9 Å². The van der Waals surface area contributed by atoms with E-state index in [9.17, 15) is 0 Å². The number of ether oxygens (including phenoxy) is 2. The monoisotopic (exact) mass is 299 g/mol. The molecule has 0 amide bonds. The zero-order valence-electron chi connectivity index (χ0n) is 9.99. The van der Waals surface area contributed by atoms with Crippen LogP contribution in [0.5, 0.6) is 0 Å². The number of hydrogen-bond donors (Lipinski definition) is 1. The van der Waals surface area contributed by atoms with Crippen molar-refractivity contribution in [2.24, 2.45) is 0 Å². The van der Waals surface area contributed by atoms with Crippen LogP contribution in [0.2, 0.25) is 0 Å². The van der Waals surface area contributed by atoms with Gasteiger partial charge in [-0.25, -0.2) is 0 Å². The van der Waals surface area contributed by atoms with Crippen LogP contribution < -0.4 is 5.32 Å². The van der Waals surface area contributed by atoms with Crippen LogP contribution in [-0.4, -0.2) is 39.0 Å². The Labute approximate surface area is 111 Å². The summed E-state index contributed by atoms with van der Waals surface area (Å²) in [5.41, 5.74) is 1.30. The van der Waals surface area contributed by atoms with Gasteiger partial charge in [0.15, 0.2) is 0 Å². The SMILES string of the molecule is CNC(Cc1cccc(Br)c1)C1COCCO1. The van der Waals surface area contributed by atoms with Gasteiger partial charge >= 0.3 is 0 Å². The molecule has 1 aromatic rings. The van der Waals surface area contributed by atoms with Gasteiger partial charge in [-0.15, -0.1) is 0 Å². The lowest BCUT2D eigenvalue weighted by Crippen LogP contribution is -2.46. The average Bonchev–Trinajstić information content (AvgIpc) is 2.37. The molecule has 2 atom stereocenters. The Morgan fingerprint density at radius 1 is 1.47 bits per heavy atom. The molecule has 1 fully saturated rings. The quantitative estimate of drug-likeness (QED) is 0.922. The zero-order valence-corrected chi connectivity index (χ0v) is 11.6. The number of benzene rings is 1. The normalized spacial score (nSPS) is 22.4. The summed E-state index contributed by atoms with van der Waals surface area (Å²) in [5, 5.41) is 3.32. The summed E-state index contributed by atoms with van der Waals surface area (Å²) in [7, 11) is 1.97. The fourth-order valence-corrected chi connectivity index (χ4v) is 2.52. The van der Waals surface area contributed by atoms with Crippen molar-refractivity contribution in [2.45, 2.75) is 18.6 Å². The van der Waals surface area contributed by atoms with E-state index < -0.39 is 0 Å². The topological polar surface area (TPSA) is 30.5 Å². The van der Waals surface area contributed by atoms with Crippen molar-refractivity contribution in [3.8, 4) is 0 Å². The highest BCUT2D eigenvalue weighted by molar-refractivity contribution is 9.10. The molecular weight excluding hydrogens is 282 g/mol. The van der Waals surface area contributed by atoms with Crippen molar-refractivity contribution < 1.29 is 9.47 Å². The van der Waals surface area contributed by atoms with Crippen molar-refractivity contribution in [3.05, 3.63) is 34.3 Å². The molecule has 0 spiro atoms. The van der Waals surface area contributed by atoms with E-state index in [0.29, 0.717) is 25.9 Å². The third-order valence-electron chi connectivity index (χ3n) is 3.01. The Hall–Kier alpha value is -0.420. The lowest BCUT2D eigenvalue weighted by atomic mass is 10.0. The molecule has 1 aliphatic heterocycles. The summed E-state index contributed by atoms with van der Waals surface area (Å²) in [5.74, 6) is 0. The summed E-state index contributed by atoms with van der Waals surface area (Å²) >= 11 is 3.49. The van der Waals surface area contributed by atoms with Crippen LogP contribution >= 0.6 is 15.9 Å². The summed E-state index contributed by atoms with van der Waals surface area (Å²) in [6.45, 7) is 2.09. The summed E-state index contributed by atoms with van der Waals surface area (Å²) in [6.07, 6.45) is 1.09. The predicted molar refractivity (Wildman–Crippen MR) is 71.3 cm³/mol. The van der Waals surface area contributed by atoms with Gasteiger partial charge in [-0.05, 0) is 31.2 Å². The summed E-state index contributed by atoms with van der Waals surface area (Å²) in [4.78, 5) is 0. The minimum atomic E-state index is 0.146. The zero-order chi connectivity index (χ0) is 12.1. The average molecular weight is 300 g/mol. The predicted octanol–water partition coefficient (Wildman–Crippen LogP) is 1.99. The van der Waals surface area contributed by atoms with Gasteiger partial charge in [0.05, 0.1) is 25.9 Å². The van der Waals surface area contributed by atoms with E-state index >= 15 is 0 Å². The van der Waals surface area contributed by atoms with Crippen molar-refractivity contribution in [1.29, 1.82) is 0 Å². The molecule has 0 bridgehead atoms. The van der Waals surface area contributed by atoms with Gasteiger partial charge in [0, 0.05) is 10.5 Å². The van der Waals surface area contributed by atoms with Crippen LogP contribution in [0.1, 0.15) is 5.56 Å². The molecule has 94 valence electrons. The number of likely N-dealkylation sites (N-methyl/N-ethyl adjacent to an activating group) is 1. The maximum Gasteiger partial charge on any atom is 0.0965 e. The highest BCUT2D eigenvalue weighted by atomic mass is 79.9. The molecule has 0 aromatic heterocycles. The molecule has 0 aliphatic carbocycles. The highest BCUT2D eigenvalue weighted by Gasteiger charge is 2.23. The Balaban J connectivity index is 1.98. The summed E-state index contributed by atoms with van der Waals surface area (Å²) < 4.78 is 12.3. The van der Waals surface area contributed by atoms with E-state index in [2.05, 4.69) is 39.4 Å². The van der Waals surface area contributed by atoms with Gasteiger partial charge in [0.2, 0.25) is 0 Å². The van der Waals surface area contributed by atoms with Gasteiger partial charge in [-0.3, -0.25) is 0 Å². The molecule has 0 radical (unpaired) electrons. The lowest BCUT2D eigenvalue weighted by molar-refractivity contribution is -0.100. The molecule has 1 saturated heterocycles. The molecule has 1 aliphatic rings. The first-order chi connectivity index (χ1) is 8.29. The molecular formula is C13H18BrNO2. The van der Waals surface area contributed by atoms with Gasteiger partial charge in [-0.1, -0.05) is 28.1 Å². The second-order valence-electron chi connectivity index (χ2n) is 4.21. The van der Waals surface area contributed by atoms with Crippen LogP contribution in [0.3, 0.4) is 0 Å². The van der Waals surface area contributed by atoms with E-state index in [1.165, 1.54) is 5.56 Å². The van der Waals surface area contributed by atoms with Crippen molar-refractivity contribution >= 4 is 15.9 Å². The smallest absolute Gasteiger partial charge is 0.0965 e. The minimum Gasteiger partial charge on any atom is -0.376 e. The van der Waals surface area contributed by atoms with Crippen LogP contribution in [-0.2, 0) is 15.9 Å². The second kappa shape index (κ2) is 6.50. The van der Waals surface area contributed by atoms with Gasteiger partial charge < -0.3 is 14.8 Å². The van der Waals surface area contributed by atoms with Gasteiger partial charge in [0.1, 0.15) is 0 Å². The standard InChI is InChI=1S/C13H18BrNO2/c1-15-12(13-9-16-5-6-17-13)8-10-3-2-4-11(14)7-10/h2-4,7,12-13,15H,5-6,8-9H2,1H3. The first kappa shape index (κ1) is 13.0. The Morgan fingerprint density at radius 2 is 2.35 bits per heavy atom. The van der Waals surface area contributed by atoms with Crippen LogP contribution in [0.25, 0.3) is 0 Å². The molecule has 1 N–H and O–H groups in total. The molecule has 4 heteroatoms. The fraction of sp³-hybridized carbons (Fsp3) is 0.538. The minimum absolute atomic E-state index is 0.146. The fourth-order valence-electron chi connectivity index (χ4n) is 2.08. The van der Waals surface area contributed by atoms with E-state index in [1.54, 1.807) is 0 Å². The Morgan fingerprint density at radius 3 is 3.00 bits per heavy atom. The number of nitrogens with one attached hydrogen (secondary N) is 1. The van der Waals surface area contributed by atoms with Crippen molar-refractivity contribution in [1.82, 2.24) is 5.32 Å². The Kier molecular flexibility index (Phi) is 4.98. The number of hydrogen-bond acceptors (Lipinski definition) is 3. The van der Waals surface area contributed by atoms with Crippen LogP contribution in [0.15, 0.2) is 28.7 Å². The summed E-state index contributed by atoms with van der Waals surface area (Å²) in [6, 6.07) is 8.68. The molecule has 2 rings (SSSR count). The van der Waals surface area contributed by atoms with Crippen molar-refractivity contribution in [3.63, 3.8) is 0 Å². The molecule has 1 aromatic carbocycles. The third kappa shape index (κ3) is 3.78. The highest BCUT2D eigenvalue weighted by Crippen LogP contribution is 2.16. The maximum absolute atomic E-state index is 5.73. The van der Waals surface area contributed by atoms with E-state index in [0.717, 1.165) is 10.9 Å². The van der Waals surface area contributed by atoms with E-state index in [1.807, 2.05) is 13.1 Å². The number of rotatable bonds is 4. The van der Waals surface area contributed by atoms with Crippen LogP contribution in [0.4, 0.5) is 0 Å². The molecule has 0 saturated carbocycles. The first-order valence-corrected chi connectivity index (χ1v) is 6.70. The molecule has 1 heterocycles. The van der Waals surface area contributed by atoms with Crippen LogP contribution in [0, 0.1) is 0 Å². The molecule has 2 unspecified atom stereocenters. The van der Waals surface area contributed by atoms with Gasteiger partial charge in [-0.2, -0.15) is 0 Å². The second-order valence-corrected chi connectivity index (χ2v) is 5.13. The number of halogens is 1. The van der Waals surface area contributed by atoms with E-state index in [-0.39, 0.29) is 6.10 Å². The molecule has 3 nitrogen and oxygen atoms in total. The largest absolute Gasteiger partial charge is 0.376 e. The lowest BCUT2D eigenvalue weighted by Gasteiger charge is -2.30. The third-order valence-corrected chi connectivity index (χ3v) is 3.50. The van der Waals surface area contributed by atoms with E-state index in [4.69, 9.17) is 9.47 Å².